The molecule has 0 radical (unpaired) electrons. The van der Waals surface area contributed by atoms with Crippen molar-refractivity contribution in [3.63, 3.8) is 0 Å². The van der Waals surface area contributed by atoms with Crippen molar-refractivity contribution in [1.29, 1.82) is 0 Å². The second-order valence-corrected chi connectivity index (χ2v) is 10.8. The summed E-state index contributed by atoms with van der Waals surface area (Å²) in [4.78, 5) is 16.0. The highest BCUT2D eigenvalue weighted by molar-refractivity contribution is 8.26. The summed E-state index contributed by atoms with van der Waals surface area (Å²) in [5.74, 6) is 0.800. The normalized spacial score (nSPS) is 17.7. The molecule has 1 saturated heterocycles. The lowest BCUT2D eigenvalue weighted by Gasteiger charge is -2.29. The van der Waals surface area contributed by atoms with Gasteiger partial charge in [-0.3, -0.25) is 9.69 Å². The first kappa shape index (κ1) is 24.5. The van der Waals surface area contributed by atoms with Crippen LogP contribution in [0.25, 0.3) is 23.0 Å². The first-order valence-corrected chi connectivity index (χ1v) is 13.5. The predicted molar refractivity (Wildman–Crippen MR) is 151 cm³/mol. The van der Waals surface area contributed by atoms with E-state index in [1.165, 1.54) is 18.2 Å². The fourth-order valence-electron chi connectivity index (χ4n) is 4.84. The Kier molecular flexibility index (Phi) is 7.39. The van der Waals surface area contributed by atoms with E-state index in [4.69, 9.17) is 22.1 Å². The summed E-state index contributed by atoms with van der Waals surface area (Å²) in [5, 5.41) is 4.95. The minimum Gasteiger partial charge on any atom is -0.490 e. The fourth-order valence-corrected chi connectivity index (χ4v) is 6.23. The monoisotopic (exact) mass is 515 g/mol. The van der Waals surface area contributed by atoms with E-state index in [9.17, 15) is 4.79 Å². The summed E-state index contributed by atoms with van der Waals surface area (Å²) >= 11 is 7.05. The Morgan fingerprint density at radius 3 is 2.67 bits per heavy atom. The van der Waals surface area contributed by atoms with Crippen molar-refractivity contribution in [2.24, 2.45) is 0 Å². The van der Waals surface area contributed by atoms with Crippen molar-refractivity contribution < 1.29 is 9.53 Å². The highest BCUT2D eigenvalue weighted by atomic mass is 32.2. The topological polar surface area (TPSA) is 47.4 Å². The van der Waals surface area contributed by atoms with Gasteiger partial charge in [-0.1, -0.05) is 74.1 Å². The molecule has 2 fully saturated rings. The summed E-state index contributed by atoms with van der Waals surface area (Å²) in [6.45, 7) is 6.21. The number of carbonyl (C=O) groups excluding carboxylic acids is 1. The molecular formula is C29H29N3O2S2. The molecule has 2 heterocycles. The van der Waals surface area contributed by atoms with Crippen LogP contribution in [0.5, 0.6) is 5.75 Å². The SMILES string of the molecule is C=CCOc1ccc(-c2nn(-c3ccccc3)cc2/C=C2\SC(=S)N(C3CCCCC3)C2=O)c(C)c1. The van der Waals surface area contributed by atoms with Gasteiger partial charge in [-0.25, -0.2) is 4.68 Å². The van der Waals surface area contributed by atoms with Crippen LogP contribution in [0.1, 0.15) is 43.2 Å². The lowest BCUT2D eigenvalue weighted by atomic mass is 9.94. The van der Waals surface area contributed by atoms with Crippen molar-refractivity contribution in [1.82, 2.24) is 14.7 Å². The van der Waals surface area contributed by atoms with Gasteiger partial charge in [-0.15, -0.1) is 0 Å². The Labute approximate surface area is 221 Å². The number of thioether (sulfide) groups is 1. The number of amides is 1. The summed E-state index contributed by atoms with van der Waals surface area (Å²) in [5.41, 5.74) is 4.68. The van der Waals surface area contributed by atoms with Crippen molar-refractivity contribution in [3.8, 4) is 22.7 Å². The Morgan fingerprint density at radius 2 is 1.94 bits per heavy atom. The van der Waals surface area contributed by atoms with Crippen molar-refractivity contribution in [2.45, 2.75) is 45.1 Å². The van der Waals surface area contributed by atoms with Crippen LogP contribution in [0.2, 0.25) is 0 Å². The molecule has 5 nitrogen and oxygen atoms in total. The summed E-state index contributed by atoms with van der Waals surface area (Å²) < 4.78 is 8.24. The molecule has 0 atom stereocenters. The summed E-state index contributed by atoms with van der Waals surface area (Å²) in [6, 6.07) is 16.2. The molecule has 1 amide bonds. The number of benzene rings is 2. The average Bonchev–Trinajstić information content (AvgIpc) is 3.44. The molecule has 1 saturated carbocycles. The molecule has 2 aliphatic rings. The largest absolute Gasteiger partial charge is 0.490 e. The number of carbonyl (C=O) groups is 1. The van der Waals surface area contributed by atoms with Crippen LogP contribution >= 0.6 is 24.0 Å². The minimum atomic E-state index is 0.0141. The molecule has 2 aromatic carbocycles. The number of ether oxygens (including phenoxy) is 1. The zero-order chi connectivity index (χ0) is 25.1. The second kappa shape index (κ2) is 10.8. The van der Waals surface area contributed by atoms with Crippen LogP contribution in [0, 0.1) is 6.92 Å². The third-order valence-electron chi connectivity index (χ3n) is 6.63. The first-order valence-electron chi connectivity index (χ1n) is 12.3. The maximum atomic E-state index is 13.5. The first-order chi connectivity index (χ1) is 17.5. The number of hydrogen-bond acceptors (Lipinski definition) is 5. The van der Waals surface area contributed by atoms with Gasteiger partial charge < -0.3 is 4.74 Å². The molecule has 5 rings (SSSR count). The number of para-hydroxylation sites is 1. The second-order valence-electron chi connectivity index (χ2n) is 9.13. The third-order valence-corrected chi connectivity index (χ3v) is 7.96. The van der Waals surface area contributed by atoms with Crippen LogP contribution in [0.4, 0.5) is 0 Å². The highest BCUT2D eigenvalue weighted by Crippen LogP contribution is 2.39. The molecule has 7 heteroatoms. The number of aromatic nitrogens is 2. The molecule has 0 unspecified atom stereocenters. The Hall–Kier alpha value is -3.16. The maximum absolute atomic E-state index is 13.5. The smallest absolute Gasteiger partial charge is 0.266 e. The average molecular weight is 516 g/mol. The highest BCUT2D eigenvalue weighted by Gasteiger charge is 2.37. The molecule has 1 aliphatic heterocycles. The number of nitrogens with zero attached hydrogens (tertiary/aromatic N) is 3. The molecule has 0 bridgehead atoms. The third kappa shape index (κ3) is 5.04. The van der Waals surface area contributed by atoms with Gasteiger partial charge in [-0.05, 0) is 61.7 Å². The van der Waals surface area contributed by atoms with Crippen molar-refractivity contribution >= 4 is 40.3 Å². The van der Waals surface area contributed by atoms with Gasteiger partial charge in [0.05, 0.1) is 10.6 Å². The molecule has 0 N–H and O–H groups in total. The number of aryl methyl sites for hydroxylation is 1. The van der Waals surface area contributed by atoms with E-state index >= 15 is 0 Å². The van der Waals surface area contributed by atoms with Crippen molar-refractivity contribution in [2.75, 3.05) is 6.61 Å². The van der Waals surface area contributed by atoms with Crippen LogP contribution in [-0.2, 0) is 4.79 Å². The van der Waals surface area contributed by atoms with Crippen LogP contribution in [-0.4, -0.2) is 37.6 Å². The van der Waals surface area contributed by atoms with E-state index in [1.54, 1.807) is 6.08 Å². The van der Waals surface area contributed by atoms with Gasteiger partial charge in [0.2, 0.25) is 0 Å². The Balaban J connectivity index is 1.54. The van der Waals surface area contributed by atoms with E-state index in [0.717, 1.165) is 59.5 Å². The maximum Gasteiger partial charge on any atom is 0.266 e. The standard InChI is InChI=1S/C29H29N3O2S2/c1-3-16-34-24-14-15-25(20(2)17-24)27-21(19-31(30-27)22-10-6-4-7-11-22)18-26-28(33)32(29(35)36-26)23-12-8-5-9-13-23/h3-4,6-7,10-11,14-15,17-19,23H,1,5,8-9,12-13,16H2,2H3/b26-18-. The zero-order valence-corrected chi connectivity index (χ0v) is 22.0. The molecule has 1 aliphatic carbocycles. The molecule has 184 valence electrons. The molecule has 1 aromatic heterocycles. The van der Waals surface area contributed by atoms with Crippen molar-refractivity contribution in [3.05, 3.63) is 83.4 Å². The van der Waals surface area contributed by atoms with Gasteiger partial charge >= 0.3 is 0 Å². The van der Waals surface area contributed by atoms with E-state index in [2.05, 4.69) is 6.58 Å². The lowest BCUT2D eigenvalue weighted by Crippen LogP contribution is -2.39. The summed E-state index contributed by atoms with van der Waals surface area (Å²) in [7, 11) is 0. The lowest BCUT2D eigenvalue weighted by molar-refractivity contribution is -0.124. The minimum absolute atomic E-state index is 0.0141. The Bertz CT molecular complexity index is 1320. The molecule has 3 aromatic rings. The zero-order valence-electron chi connectivity index (χ0n) is 20.4. The van der Waals surface area contributed by atoms with Gasteiger partial charge in [0.15, 0.2) is 0 Å². The van der Waals surface area contributed by atoms with Crippen LogP contribution < -0.4 is 4.74 Å². The number of rotatable bonds is 7. The number of hydrogen-bond donors (Lipinski definition) is 0. The van der Waals surface area contributed by atoms with Gasteiger partial charge in [0, 0.05) is 23.4 Å². The van der Waals surface area contributed by atoms with Crippen LogP contribution in [0.3, 0.4) is 0 Å². The fraction of sp³-hybridized carbons (Fsp3) is 0.276. The van der Waals surface area contributed by atoms with E-state index in [1.807, 2.05) is 77.3 Å². The van der Waals surface area contributed by atoms with Gasteiger partial charge in [0.1, 0.15) is 22.4 Å². The van der Waals surface area contributed by atoms with Gasteiger partial charge in [-0.2, -0.15) is 5.10 Å². The molecular weight excluding hydrogens is 486 g/mol. The quantitative estimate of drug-likeness (QED) is 0.194. The summed E-state index contributed by atoms with van der Waals surface area (Å²) in [6.07, 6.45) is 11.3. The predicted octanol–water partition coefficient (Wildman–Crippen LogP) is 6.95. The van der Waals surface area contributed by atoms with E-state index in [0.29, 0.717) is 15.8 Å². The van der Waals surface area contributed by atoms with E-state index < -0.39 is 0 Å². The Morgan fingerprint density at radius 1 is 1.17 bits per heavy atom. The van der Waals surface area contributed by atoms with Crippen LogP contribution in [0.15, 0.2) is 72.3 Å². The molecule has 0 spiro atoms. The van der Waals surface area contributed by atoms with Gasteiger partial charge in [0.25, 0.3) is 5.91 Å². The molecule has 36 heavy (non-hydrogen) atoms. The number of thiocarbonyl (C=S) groups is 1. The van der Waals surface area contributed by atoms with E-state index in [-0.39, 0.29) is 11.9 Å².